The van der Waals surface area contributed by atoms with E-state index in [4.69, 9.17) is 105 Å². The third-order valence-electron chi connectivity index (χ3n) is 24.7. The molecule has 0 unspecified atom stereocenters. The number of rotatable bonds is 32. The van der Waals surface area contributed by atoms with E-state index in [1.54, 1.807) is 142 Å². The highest BCUT2D eigenvalue weighted by molar-refractivity contribution is 6.53. The summed E-state index contributed by atoms with van der Waals surface area (Å²) in [4.78, 5) is 22.2. The number of aromatic nitrogens is 2. The van der Waals surface area contributed by atoms with Gasteiger partial charge in [-0.2, -0.15) is 0 Å². The van der Waals surface area contributed by atoms with Crippen LogP contribution in [0.3, 0.4) is 0 Å². The second-order valence-electron chi connectivity index (χ2n) is 31.4. The van der Waals surface area contributed by atoms with Crippen molar-refractivity contribution in [2.45, 2.75) is 0 Å². The summed E-state index contributed by atoms with van der Waals surface area (Å²) in [6.07, 6.45) is 0. The van der Waals surface area contributed by atoms with Crippen LogP contribution in [0.5, 0.6) is 115 Å². The van der Waals surface area contributed by atoms with Crippen molar-refractivity contribution in [2.24, 2.45) is 9.98 Å². The van der Waals surface area contributed by atoms with Crippen molar-refractivity contribution in [3.63, 3.8) is 0 Å². The van der Waals surface area contributed by atoms with Crippen LogP contribution in [0.25, 0.3) is 89.1 Å². The van der Waals surface area contributed by atoms with Gasteiger partial charge in [-0.05, 0) is 212 Å². The summed E-state index contributed by atoms with van der Waals surface area (Å²) in [7, 11) is 32.3. The molecule has 0 amide bonds. The summed E-state index contributed by atoms with van der Waals surface area (Å²) in [5, 5.41) is 0.986. The maximum Gasteiger partial charge on any atom is 0.203 e. The molecule has 0 radical (unpaired) electrons. The lowest BCUT2D eigenvalue weighted by Crippen LogP contribution is -2.24. The number of allylic oxidation sites excluding steroid dienone is 4. The molecule has 0 saturated carbocycles. The van der Waals surface area contributed by atoms with E-state index in [1.807, 2.05) is 194 Å². The minimum Gasteiger partial charge on any atom is -0.497 e. The van der Waals surface area contributed by atoms with Crippen molar-refractivity contribution >= 4 is 56.0 Å². The Morgan fingerprint density at radius 1 is 0.162 bits per heavy atom. The number of nitrogens with zero attached hydrogens (tertiary/aromatic N) is 2. The first-order chi connectivity index (χ1) is 66.5. The van der Waals surface area contributed by atoms with Gasteiger partial charge in [-0.25, -0.2) is 9.98 Å². The van der Waals surface area contributed by atoms with Gasteiger partial charge in [0.15, 0.2) is 46.0 Å². The van der Waals surface area contributed by atoms with Crippen molar-refractivity contribution in [1.82, 2.24) is 9.97 Å². The van der Waals surface area contributed by atoms with E-state index in [9.17, 15) is 0 Å². The Morgan fingerprint density at radius 3 is 0.537 bits per heavy atom. The highest BCUT2D eigenvalue weighted by Gasteiger charge is 2.42. The number of H-pyrrole nitrogens is 2. The van der Waals surface area contributed by atoms with Gasteiger partial charge < -0.3 is 105 Å². The first-order valence-electron chi connectivity index (χ1n) is 43.3. The number of benzene rings is 12. The average Bonchev–Trinajstić information content (AvgIpc) is 1.54. The number of nitrogens with one attached hydrogen (secondary N) is 2. The summed E-state index contributed by atoms with van der Waals surface area (Å²) in [6, 6.07) is 79.5. The van der Waals surface area contributed by atoms with Gasteiger partial charge >= 0.3 is 0 Å². The topological polar surface area (TPSA) is 241 Å². The summed E-state index contributed by atoms with van der Waals surface area (Å²) < 4.78 is 127. The van der Waals surface area contributed by atoms with E-state index in [2.05, 4.69) is 58.5 Å². The predicted octanol–water partition coefficient (Wildman–Crippen LogP) is 20.9. The summed E-state index contributed by atoms with van der Waals surface area (Å²) >= 11 is 0. The fourth-order valence-electron chi connectivity index (χ4n) is 18.2. The zero-order chi connectivity index (χ0) is 95.3. The SMILES string of the molecule is COc1ccc(C2=C(c3ccc(OC)cc3)C3=C(c4cc(OC)c(OC)c(OC)c4)c4[nH]c(c(-c5ccc(OC)cc5)c4-c4ccc(OC)cc4)C(c4cc(OC)c(OC)c(OC)c4)=C4N=C(C(c5ccc(OC)cc5)=C4c4ccc(OC)cc4)C(c4cc(OC)c(OC)c(OC)c4)=c4[nH]c(c(-c5ccc(OC)cc5)c4-c4ccc(OC)cc4)=C(c4cc(OC)c(OC)c(OC)c4)C2=N3)cc1. The van der Waals surface area contributed by atoms with Gasteiger partial charge in [-0.1, -0.05) is 97.1 Å². The lowest BCUT2D eigenvalue weighted by atomic mass is 9.83. The standard InChI is InChI=1S/C112H102N4O20/c1-117-73-37-21-61(22-38-73)89-90(62-23-39-74(118-2)40-24-62)102-98(70-55-83(127-11)110(134-18)84(56-70)128-12)104-93(65-29-45-77(121-5)46-30-65)94(66-31-47-78(122-6)48-32-66)106(115-104)100(72-59-87(131-15)112(136-20)88(60-72)132-16)108-96(68-35-51-80(124-8)52-36-68)95(67-33-49-79(123-7)50-34-67)107(116-108)99(71-57-85(129-13)111(135-19)86(58-71)130-14)105-92(64-27-43-76(120-4)44-28-64)91(63-25-41-75(119-3)42-26-63)103(114-105)97(101(89)113-102)69-53-81(125-9)109(133-17)82(54-69)126-10/h21-60,113,116H,1-20H3. The molecule has 0 spiro atoms. The Morgan fingerprint density at radius 2 is 0.346 bits per heavy atom. The molecule has 24 heteroatoms. The molecule has 690 valence electrons. The fourth-order valence-corrected chi connectivity index (χ4v) is 18.2. The molecule has 4 heterocycles. The van der Waals surface area contributed by atoms with E-state index in [-0.39, 0.29) is 0 Å². The molecule has 0 saturated heterocycles. The van der Waals surface area contributed by atoms with E-state index < -0.39 is 0 Å². The van der Waals surface area contributed by atoms with Crippen molar-refractivity contribution in [3.8, 4) is 159 Å². The quantitative estimate of drug-likeness (QED) is 0.0398. The lowest BCUT2D eigenvalue weighted by Gasteiger charge is -2.20. The number of ether oxygens (including phenoxy) is 20. The van der Waals surface area contributed by atoms with Crippen LogP contribution in [0.2, 0.25) is 0 Å². The van der Waals surface area contributed by atoms with Crippen LogP contribution in [0.1, 0.15) is 55.9 Å². The van der Waals surface area contributed by atoms with Gasteiger partial charge in [-0.3, -0.25) is 0 Å². The number of fused-ring (bicyclic) bond motifs is 10. The minimum atomic E-state index is 0.309. The third-order valence-corrected chi connectivity index (χ3v) is 24.7. The highest BCUT2D eigenvalue weighted by atomic mass is 16.6. The first kappa shape index (κ1) is 91.1. The van der Waals surface area contributed by atoms with Gasteiger partial charge in [0.1, 0.15) is 46.0 Å². The van der Waals surface area contributed by atoms with Crippen LogP contribution in [0, 0.1) is 0 Å². The average molecular weight is 1820 g/mol. The summed E-state index contributed by atoms with van der Waals surface area (Å²) in [5.74, 6) is 8.37. The Hall–Kier alpha value is -16.8. The molecular weight excluding hydrogens is 1720 g/mol. The Kier molecular flexibility index (Phi) is 26.4. The molecule has 24 nitrogen and oxygen atoms in total. The number of aliphatic imine (C=N–C) groups is 2. The number of hydrogen-bond acceptors (Lipinski definition) is 22. The van der Waals surface area contributed by atoms with Crippen LogP contribution >= 0.6 is 0 Å². The van der Waals surface area contributed by atoms with Crippen molar-refractivity contribution in [3.05, 3.63) is 321 Å². The molecule has 0 fully saturated rings. The van der Waals surface area contributed by atoms with Crippen LogP contribution in [0.4, 0.5) is 0 Å². The van der Waals surface area contributed by atoms with E-state index in [1.165, 1.54) is 0 Å². The largest absolute Gasteiger partial charge is 0.497 e. The minimum absolute atomic E-state index is 0.309. The third kappa shape index (κ3) is 16.4. The van der Waals surface area contributed by atoms with Crippen molar-refractivity contribution in [2.75, 3.05) is 142 Å². The van der Waals surface area contributed by atoms with Gasteiger partial charge in [0.25, 0.3) is 0 Å². The molecule has 3 aliphatic rings. The van der Waals surface area contributed by atoms with Gasteiger partial charge in [0.05, 0.1) is 187 Å². The summed E-state index contributed by atoms with van der Waals surface area (Å²) in [6.45, 7) is 0. The van der Waals surface area contributed by atoms with Gasteiger partial charge in [-0.15, -0.1) is 0 Å². The molecule has 136 heavy (non-hydrogen) atoms. The first-order valence-corrected chi connectivity index (χ1v) is 43.3. The highest BCUT2D eigenvalue weighted by Crippen LogP contribution is 2.58. The maximum atomic E-state index is 6.66. The molecule has 8 bridgehead atoms. The van der Waals surface area contributed by atoms with Crippen LogP contribution in [-0.4, -0.2) is 164 Å². The Labute approximate surface area is 788 Å². The normalized spacial score (nSPS) is 12.8. The molecule has 2 N–H and O–H groups in total. The molecule has 2 aromatic heterocycles. The van der Waals surface area contributed by atoms with E-state index in [0.717, 1.165) is 0 Å². The van der Waals surface area contributed by atoms with Crippen LogP contribution in [0.15, 0.2) is 264 Å². The number of methoxy groups -OCH3 is 20. The van der Waals surface area contributed by atoms with Crippen molar-refractivity contribution in [1.29, 1.82) is 0 Å². The Bertz CT molecular complexity index is 6720. The molecule has 12 aromatic carbocycles. The fraction of sp³-hybridized carbons (Fsp3) is 0.179. The molecule has 1 aliphatic carbocycles. The lowest BCUT2D eigenvalue weighted by molar-refractivity contribution is 0.324. The number of hydrogen-bond donors (Lipinski definition) is 2. The van der Waals surface area contributed by atoms with Crippen molar-refractivity contribution < 1.29 is 94.7 Å². The van der Waals surface area contributed by atoms with Gasteiger partial charge in [0.2, 0.25) is 23.0 Å². The number of aromatic amines is 2. The molecular formula is C112H102N4O20. The zero-order valence-corrected chi connectivity index (χ0v) is 79.2. The predicted molar refractivity (Wildman–Crippen MR) is 531 cm³/mol. The molecule has 0 atom stereocenters. The van der Waals surface area contributed by atoms with E-state index in [0.29, 0.717) is 293 Å². The molecule has 17 rings (SSSR count). The summed E-state index contributed by atoms with van der Waals surface area (Å²) in [5.41, 5.74) is 17.2. The Balaban J connectivity index is 1.33. The van der Waals surface area contributed by atoms with Gasteiger partial charge in [0, 0.05) is 66.8 Å². The smallest absolute Gasteiger partial charge is 0.203 e. The monoisotopic (exact) mass is 1820 g/mol. The zero-order valence-electron chi connectivity index (χ0n) is 79.2. The van der Waals surface area contributed by atoms with Crippen LogP contribution in [-0.2, 0) is 0 Å². The second-order valence-corrected chi connectivity index (χ2v) is 31.4. The second kappa shape index (κ2) is 39.3. The maximum absolute atomic E-state index is 6.66. The van der Waals surface area contributed by atoms with Crippen LogP contribution < -0.4 is 105 Å². The molecule has 2 aliphatic heterocycles. The van der Waals surface area contributed by atoms with E-state index >= 15 is 0 Å². The molecule has 14 aromatic rings.